The lowest BCUT2D eigenvalue weighted by molar-refractivity contribution is 0.318. The SMILES string of the molecule is CCOc1ccc(Nc2cc(N)n3ncc(-c4ccc(O)c(OCC)c4)c3n2)cn1. The van der Waals surface area contributed by atoms with Crippen LogP contribution in [-0.4, -0.2) is 37.9 Å². The van der Waals surface area contributed by atoms with Crippen LogP contribution in [-0.2, 0) is 0 Å². The highest BCUT2D eigenvalue weighted by Gasteiger charge is 2.14. The topological polar surface area (TPSA) is 120 Å². The molecule has 0 saturated heterocycles. The van der Waals surface area contributed by atoms with Gasteiger partial charge >= 0.3 is 0 Å². The Kier molecular flexibility index (Phi) is 5.25. The molecule has 0 spiro atoms. The smallest absolute Gasteiger partial charge is 0.213 e. The van der Waals surface area contributed by atoms with Crippen molar-refractivity contribution in [3.8, 4) is 28.5 Å². The number of nitrogens with one attached hydrogen (secondary N) is 1. The molecule has 3 aromatic heterocycles. The van der Waals surface area contributed by atoms with Crippen LogP contribution in [0.25, 0.3) is 16.8 Å². The normalized spacial score (nSPS) is 10.9. The first-order valence-electron chi connectivity index (χ1n) is 9.55. The van der Waals surface area contributed by atoms with Gasteiger partial charge in [-0.05, 0) is 37.6 Å². The maximum atomic E-state index is 9.98. The predicted molar refractivity (Wildman–Crippen MR) is 114 cm³/mol. The van der Waals surface area contributed by atoms with Crippen molar-refractivity contribution in [3.05, 3.63) is 48.8 Å². The van der Waals surface area contributed by atoms with E-state index in [1.54, 1.807) is 47.2 Å². The number of nitrogens with two attached hydrogens (primary N) is 1. The Bertz CT molecular complexity index is 1170. The monoisotopic (exact) mass is 406 g/mol. The summed E-state index contributed by atoms with van der Waals surface area (Å²) in [5.41, 5.74) is 9.07. The number of nitrogens with zero attached hydrogens (tertiary/aromatic N) is 4. The highest BCUT2D eigenvalue weighted by molar-refractivity contribution is 5.80. The average Bonchev–Trinajstić information content (AvgIpc) is 3.16. The Labute approximate surface area is 173 Å². The third kappa shape index (κ3) is 3.77. The minimum Gasteiger partial charge on any atom is -0.504 e. The molecule has 0 aliphatic heterocycles. The Morgan fingerprint density at radius 2 is 1.90 bits per heavy atom. The van der Waals surface area contributed by atoms with E-state index < -0.39 is 0 Å². The molecule has 4 N–H and O–H groups in total. The number of anilines is 3. The van der Waals surface area contributed by atoms with Crippen LogP contribution in [0.2, 0.25) is 0 Å². The van der Waals surface area contributed by atoms with Gasteiger partial charge in [-0.25, -0.2) is 9.97 Å². The van der Waals surface area contributed by atoms with Crippen LogP contribution < -0.4 is 20.5 Å². The van der Waals surface area contributed by atoms with Crippen molar-refractivity contribution in [1.82, 2.24) is 19.6 Å². The van der Waals surface area contributed by atoms with E-state index in [1.165, 1.54) is 0 Å². The highest BCUT2D eigenvalue weighted by atomic mass is 16.5. The second-order valence-corrected chi connectivity index (χ2v) is 6.42. The van der Waals surface area contributed by atoms with Crippen LogP contribution in [0.3, 0.4) is 0 Å². The van der Waals surface area contributed by atoms with Gasteiger partial charge in [0, 0.05) is 17.7 Å². The first-order valence-corrected chi connectivity index (χ1v) is 9.55. The molecule has 30 heavy (non-hydrogen) atoms. The molecule has 0 amide bonds. The summed E-state index contributed by atoms with van der Waals surface area (Å²) < 4.78 is 12.4. The van der Waals surface area contributed by atoms with Gasteiger partial charge in [-0.15, -0.1) is 0 Å². The number of phenols is 1. The van der Waals surface area contributed by atoms with Gasteiger partial charge in [-0.3, -0.25) is 0 Å². The van der Waals surface area contributed by atoms with Gasteiger partial charge in [0.05, 0.1) is 31.3 Å². The lowest BCUT2D eigenvalue weighted by Gasteiger charge is -2.10. The minimum absolute atomic E-state index is 0.0786. The van der Waals surface area contributed by atoms with Crippen molar-refractivity contribution in [2.75, 3.05) is 24.3 Å². The fourth-order valence-electron chi connectivity index (χ4n) is 3.04. The maximum absolute atomic E-state index is 9.98. The summed E-state index contributed by atoms with van der Waals surface area (Å²) in [6.07, 6.45) is 3.35. The number of hydrogen-bond acceptors (Lipinski definition) is 8. The van der Waals surface area contributed by atoms with Gasteiger partial charge in [0.1, 0.15) is 11.6 Å². The average molecular weight is 406 g/mol. The molecule has 0 bridgehead atoms. The fourth-order valence-corrected chi connectivity index (χ4v) is 3.04. The molecule has 4 aromatic rings. The molecule has 0 fully saturated rings. The van der Waals surface area contributed by atoms with Crippen molar-refractivity contribution >= 4 is 23.0 Å². The molecular weight excluding hydrogens is 384 g/mol. The number of hydrogen-bond donors (Lipinski definition) is 3. The molecule has 3 heterocycles. The number of fused-ring (bicyclic) bond motifs is 1. The zero-order valence-electron chi connectivity index (χ0n) is 16.7. The van der Waals surface area contributed by atoms with Gasteiger partial charge in [0.2, 0.25) is 5.88 Å². The van der Waals surface area contributed by atoms with Crippen molar-refractivity contribution in [3.63, 3.8) is 0 Å². The van der Waals surface area contributed by atoms with Crippen LogP contribution in [0.5, 0.6) is 17.4 Å². The molecule has 0 atom stereocenters. The zero-order valence-corrected chi connectivity index (χ0v) is 16.7. The minimum atomic E-state index is 0.0786. The molecular formula is C21H22N6O3. The van der Waals surface area contributed by atoms with Crippen LogP contribution in [0.4, 0.5) is 17.3 Å². The van der Waals surface area contributed by atoms with E-state index in [0.29, 0.717) is 42.1 Å². The van der Waals surface area contributed by atoms with Crippen LogP contribution in [0.1, 0.15) is 13.8 Å². The summed E-state index contributed by atoms with van der Waals surface area (Å²) in [6.45, 7) is 4.77. The second kappa shape index (κ2) is 8.16. The number of aromatic nitrogens is 4. The van der Waals surface area contributed by atoms with Gasteiger partial charge in [0.15, 0.2) is 17.1 Å². The van der Waals surface area contributed by atoms with E-state index in [0.717, 1.165) is 16.8 Å². The van der Waals surface area contributed by atoms with Crippen LogP contribution in [0.15, 0.2) is 48.8 Å². The van der Waals surface area contributed by atoms with Gasteiger partial charge in [-0.1, -0.05) is 6.07 Å². The number of aromatic hydroxyl groups is 1. The van der Waals surface area contributed by atoms with Crippen molar-refractivity contribution in [1.29, 1.82) is 0 Å². The van der Waals surface area contributed by atoms with E-state index in [-0.39, 0.29) is 5.75 Å². The Balaban J connectivity index is 1.70. The maximum Gasteiger partial charge on any atom is 0.213 e. The molecule has 4 rings (SSSR count). The molecule has 0 unspecified atom stereocenters. The Morgan fingerprint density at radius 3 is 2.63 bits per heavy atom. The highest BCUT2D eigenvalue weighted by Crippen LogP contribution is 2.34. The van der Waals surface area contributed by atoms with Crippen molar-refractivity contribution < 1.29 is 14.6 Å². The first kappa shape index (κ1) is 19.3. The molecule has 0 aliphatic rings. The van der Waals surface area contributed by atoms with Crippen LogP contribution in [0, 0.1) is 0 Å². The standard InChI is InChI=1S/C21H22N6O3/c1-3-29-17-9-13(5-7-16(17)28)15-12-24-27-18(22)10-19(26-21(15)27)25-14-6-8-20(23-11-14)30-4-2/h5-12,28H,3-4,22H2,1-2H3,(H,25,26). The van der Waals surface area contributed by atoms with Gasteiger partial charge in [0.25, 0.3) is 0 Å². The van der Waals surface area contributed by atoms with E-state index in [9.17, 15) is 5.11 Å². The lowest BCUT2D eigenvalue weighted by Crippen LogP contribution is -2.03. The molecule has 0 radical (unpaired) electrons. The summed E-state index contributed by atoms with van der Waals surface area (Å²) in [7, 11) is 0. The van der Waals surface area contributed by atoms with E-state index in [1.807, 2.05) is 19.9 Å². The van der Waals surface area contributed by atoms with Crippen LogP contribution >= 0.6 is 0 Å². The number of rotatable bonds is 7. The first-order chi connectivity index (χ1) is 14.6. The third-order valence-electron chi connectivity index (χ3n) is 4.37. The van der Waals surface area contributed by atoms with Crippen molar-refractivity contribution in [2.24, 2.45) is 0 Å². The number of ether oxygens (including phenoxy) is 2. The largest absolute Gasteiger partial charge is 0.504 e. The lowest BCUT2D eigenvalue weighted by atomic mass is 10.1. The summed E-state index contributed by atoms with van der Waals surface area (Å²) in [5, 5.41) is 17.5. The molecule has 9 heteroatoms. The quantitative estimate of drug-likeness (QED) is 0.426. The fraction of sp³-hybridized carbons (Fsp3) is 0.190. The van der Waals surface area contributed by atoms with E-state index in [2.05, 4.69) is 20.4 Å². The number of nitrogen functional groups attached to an aromatic ring is 1. The molecule has 9 nitrogen and oxygen atoms in total. The number of pyridine rings is 1. The number of benzene rings is 1. The summed E-state index contributed by atoms with van der Waals surface area (Å²) in [6, 6.07) is 10.5. The predicted octanol–water partition coefficient (Wildman–Crippen LogP) is 3.62. The van der Waals surface area contributed by atoms with Gasteiger partial charge in [-0.2, -0.15) is 9.61 Å². The van der Waals surface area contributed by atoms with Gasteiger partial charge < -0.3 is 25.6 Å². The van der Waals surface area contributed by atoms with E-state index in [4.69, 9.17) is 15.2 Å². The third-order valence-corrected chi connectivity index (χ3v) is 4.37. The molecule has 0 aliphatic carbocycles. The molecule has 154 valence electrons. The summed E-state index contributed by atoms with van der Waals surface area (Å²) >= 11 is 0. The second-order valence-electron chi connectivity index (χ2n) is 6.42. The Hall–Kier alpha value is -4.01. The molecule has 1 aromatic carbocycles. The summed E-state index contributed by atoms with van der Waals surface area (Å²) in [5.74, 6) is 2.02. The van der Waals surface area contributed by atoms with Crippen molar-refractivity contribution in [2.45, 2.75) is 13.8 Å². The Morgan fingerprint density at radius 1 is 1.07 bits per heavy atom. The van der Waals surface area contributed by atoms with E-state index >= 15 is 0 Å². The number of phenolic OH excluding ortho intramolecular Hbond substituents is 1. The molecule has 0 saturated carbocycles. The zero-order chi connectivity index (χ0) is 21.1. The summed E-state index contributed by atoms with van der Waals surface area (Å²) in [4.78, 5) is 8.91.